The summed E-state index contributed by atoms with van der Waals surface area (Å²) in [5, 5.41) is 0. The van der Waals surface area contributed by atoms with E-state index in [1.165, 1.54) is 0 Å². The van der Waals surface area contributed by atoms with Crippen LogP contribution in [0.25, 0.3) is 0 Å². The van der Waals surface area contributed by atoms with Gasteiger partial charge in [0.05, 0.1) is 0 Å². The van der Waals surface area contributed by atoms with Gasteiger partial charge in [0.15, 0.2) is 13.1 Å². The first-order chi connectivity index (χ1) is 3.43. The minimum atomic E-state index is 0.130. The van der Waals surface area contributed by atoms with Crippen molar-refractivity contribution >= 4 is 0 Å². The van der Waals surface area contributed by atoms with Gasteiger partial charge in [-0.25, -0.2) is 0 Å². The fourth-order valence-electron chi connectivity index (χ4n) is 0.567. The van der Waals surface area contributed by atoms with Gasteiger partial charge in [0.25, 0.3) is 0 Å². The predicted octanol–water partition coefficient (Wildman–Crippen LogP) is 1.12. The summed E-state index contributed by atoms with van der Waals surface area (Å²) in [7, 11) is 0. The summed E-state index contributed by atoms with van der Waals surface area (Å²) < 4.78 is 9.90. The topological polar surface area (TPSA) is 18.5 Å². The minimum Gasteiger partial charge on any atom is -0.326 e. The molecule has 1 aliphatic heterocycles. The van der Waals surface area contributed by atoms with Gasteiger partial charge in [-0.2, -0.15) is 0 Å². The average molecular weight is 102 g/mol. The zero-order chi connectivity index (χ0) is 5.11. The fraction of sp³-hybridized carbons (Fsp3) is 1.00. The molecule has 0 aromatic rings. The number of hydrogen-bond acceptors (Lipinski definition) is 2. The summed E-state index contributed by atoms with van der Waals surface area (Å²) in [4.78, 5) is 0. The van der Waals surface area contributed by atoms with Gasteiger partial charge >= 0.3 is 0 Å². The van der Waals surface area contributed by atoms with E-state index in [1.54, 1.807) is 0 Å². The van der Waals surface area contributed by atoms with Gasteiger partial charge in [0.2, 0.25) is 0 Å². The van der Waals surface area contributed by atoms with Gasteiger partial charge in [-0.1, -0.05) is 13.3 Å². The quantitative estimate of drug-likeness (QED) is 0.520. The van der Waals surface area contributed by atoms with Crippen LogP contribution in [-0.2, 0) is 9.47 Å². The van der Waals surface area contributed by atoms with Crippen LogP contribution in [0.1, 0.15) is 19.8 Å². The third kappa shape index (κ3) is 1.14. The molecule has 0 aromatic carbocycles. The first kappa shape index (κ1) is 5.06. The zero-order valence-electron chi connectivity index (χ0n) is 4.52. The Bertz CT molecular complexity index is 50.0. The van der Waals surface area contributed by atoms with E-state index in [9.17, 15) is 0 Å². The Balaban J connectivity index is 1.93. The molecule has 2 nitrogen and oxygen atoms in total. The Morgan fingerprint density at radius 3 is 2.43 bits per heavy atom. The highest BCUT2D eigenvalue weighted by molar-refractivity contribution is 4.45. The average Bonchev–Trinajstić information content (AvgIpc) is 1.55. The van der Waals surface area contributed by atoms with Gasteiger partial charge in [-0.15, -0.1) is 0 Å². The Labute approximate surface area is 43.4 Å². The van der Waals surface area contributed by atoms with Crippen molar-refractivity contribution in [2.75, 3.05) is 6.79 Å². The van der Waals surface area contributed by atoms with Crippen molar-refractivity contribution in [2.45, 2.75) is 26.1 Å². The SMILES string of the molecule is CCCC1OCO1. The third-order valence-electron chi connectivity index (χ3n) is 1.03. The molecule has 1 fully saturated rings. The summed E-state index contributed by atoms with van der Waals surface area (Å²) >= 11 is 0. The zero-order valence-corrected chi connectivity index (χ0v) is 4.52. The maximum atomic E-state index is 4.95. The molecule has 1 heterocycles. The minimum absolute atomic E-state index is 0.130. The van der Waals surface area contributed by atoms with Crippen LogP contribution in [0.15, 0.2) is 0 Å². The van der Waals surface area contributed by atoms with E-state index < -0.39 is 0 Å². The molecule has 0 aromatic heterocycles. The number of rotatable bonds is 2. The van der Waals surface area contributed by atoms with Crippen molar-refractivity contribution in [1.82, 2.24) is 0 Å². The highest BCUT2D eigenvalue weighted by Crippen LogP contribution is 2.11. The highest BCUT2D eigenvalue weighted by Gasteiger charge is 2.15. The Morgan fingerprint density at radius 2 is 2.29 bits per heavy atom. The monoisotopic (exact) mass is 102 g/mol. The molecule has 0 spiro atoms. The van der Waals surface area contributed by atoms with Crippen molar-refractivity contribution in [3.8, 4) is 0 Å². The van der Waals surface area contributed by atoms with Crippen LogP contribution in [0.4, 0.5) is 0 Å². The molecular weight excluding hydrogens is 92.1 g/mol. The van der Waals surface area contributed by atoms with Crippen LogP contribution in [-0.4, -0.2) is 13.1 Å². The van der Waals surface area contributed by atoms with Crippen molar-refractivity contribution in [2.24, 2.45) is 0 Å². The Kier molecular flexibility index (Phi) is 1.65. The third-order valence-corrected chi connectivity index (χ3v) is 1.03. The second-order valence-corrected chi connectivity index (χ2v) is 1.67. The molecule has 0 atom stereocenters. The maximum Gasteiger partial charge on any atom is 0.163 e. The number of ether oxygens (including phenoxy) is 2. The van der Waals surface area contributed by atoms with Gasteiger partial charge in [0, 0.05) is 0 Å². The lowest BCUT2D eigenvalue weighted by atomic mass is 10.3. The van der Waals surface area contributed by atoms with Crippen molar-refractivity contribution in [1.29, 1.82) is 0 Å². The van der Waals surface area contributed by atoms with Crippen LogP contribution in [0.5, 0.6) is 0 Å². The van der Waals surface area contributed by atoms with E-state index in [0.717, 1.165) is 12.8 Å². The molecule has 42 valence electrons. The highest BCUT2D eigenvalue weighted by atomic mass is 16.8. The molecule has 1 saturated heterocycles. The summed E-state index contributed by atoms with van der Waals surface area (Å²) in [6, 6.07) is 0. The molecule has 0 unspecified atom stereocenters. The molecule has 0 amide bonds. The van der Waals surface area contributed by atoms with Crippen molar-refractivity contribution < 1.29 is 9.47 Å². The molecule has 0 aliphatic carbocycles. The second-order valence-electron chi connectivity index (χ2n) is 1.67. The number of hydrogen-bond donors (Lipinski definition) is 0. The smallest absolute Gasteiger partial charge is 0.163 e. The standard InChI is InChI=1S/C5H10O2/c1-2-3-5-6-4-7-5/h5H,2-4H2,1H3. The fourth-order valence-corrected chi connectivity index (χ4v) is 0.567. The largest absolute Gasteiger partial charge is 0.326 e. The second kappa shape index (κ2) is 2.28. The molecule has 7 heavy (non-hydrogen) atoms. The molecule has 0 N–H and O–H groups in total. The summed E-state index contributed by atoms with van der Waals surface area (Å²) in [6.45, 7) is 2.62. The lowest BCUT2D eigenvalue weighted by Crippen LogP contribution is -2.29. The summed E-state index contributed by atoms with van der Waals surface area (Å²) in [5.41, 5.74) is 0. The van der Waals surface area contributed by atoms with Crippen LogP contribution >= 0.6 is 0 Å². The predicted molar refractivity (Wildman–Crippen MR) is 25.7 cm³/mol. The molecule has 0 saturated carbocycles. The van der Waals surface area contributed by atoms with Crippen LogP contribution in [0.3, 0.4) is 0 Å². The first-order valence-corrected chi connectivity index (χ1v) is 2.66. The molecule has 1 rings (SSSR count). The molecule has 1 aliphatic rings. The van der Waals surface area contributed by atoms with Crippen molar-refractivity contribution in [3.05, 3.63) is 0 Å². The van der Waals surface area contributed by atoms with E-state index in [0.29, 0.717) is 6.79 Å². The van der Waals surface area contributed by atoms with E-state index in [2.05, 4.69) is 6.92 Å². The summed E-state index contributed by atoms with van der Waals surface area (Å²) in [6.07, 6.45) is 2.31. The molecular formula is C5H10O2. The first-order valence-electron chi connectivity index (χ1n) is 2.66. The van der Waals surface area contributed by atoms with Gasteiger partial charge < -0.3 is 9.47 Å². The van der Waals surface area contributed by atoms with Crippen LogP contribution in [0, 0.1) is 0 Å². The van der Waals surface area contributed by atoms with Crippen LogP contribution < -0.4 is 0 Å². The Hall–Kier alpha value is -0.0800. The lowest BCUT2D eigenvalue weighted by molar-refractivity contribution is -0.321. The molecule has 0 bridgehead atoms. The van der Waals surface area contributed by atoms with Gasteiger partial charge in [0.1, 0.15) is 0 Å². The van der Waals surface area contributed by atoms with E-state index in [-0.39, 0.29) is 6.29 Å². The van der Waals surface area contributed by atoms with Gasteiger partial charge in [-0.05, 0) is 6.42 Å². The maximum absolute atomic E-state index is 4.95. The van der Waals surface area contributed by atoms with Crippen LogP contribution in [0.2, 0.25) is 0 Å². The molecule has 0 radical (unpaired) electrons. The van der Waals surface area contributed by atoms with E-state index in [4.69, 9.17) is 9.47 Å². The summed E-state index contributed by atoms with van der Waals surface area (Å²) in [5.74, 6) is 0. The van der Waals surface area contributed by atoms with E-state index >= 15 is 0 Å². The normalized spacial score (nSPS) is 21.9. The van der Waals surface area contributed by atoms with E-state index in [1.807, 2.05) is 0 Å². The van der Waals surface area contributed by atoms with Crippen molar-refractivity contribution in [3.63, 3.8) is 0 Å². The van der Waals surface area contributed by atoms with Gasteiger partial charge in [-0.3, -0.25) is 0 Å². The molecule has 2 heteroatoms. The lowest BCUT2D eigenvalue weighted by Gasteiger charge is -2.25. The Morgan fingerprint density at radius 1 is 1.57 bits per heavy atom.